The number of piperazine rings is 1. The Kier molecular flexibility index (Phi) is 4.48. The summed E-state index contributed by atoms with van der Waals surface area (Å²) < 4.78 is 0. The van der Waals surface area contributed by atoms with Crippen molar-refractivity contribution < 1.29 is 0 Å². The van der Waals surface area contributed by atoms with E-state index in [1.54, 1.807) is 0 Å². The van der Waals surface area contributed by atoms with Crippen LogP contribution in [0.15, 0.2) is 18.2 Å². The lowest BCUT2D eigenvalue weighted by molar-refractivity contribution is 0.170. The topological polar surface area (TPSA) is 32.5 Å². The van der Waals surface area contributed by atoms with Gasteiger partial charge in [0.15, 0.2) is 0 Å². The minimum Gasteiger partial charge on any atom is -0.368 e. The second kappa shape index (κ2) is 5.93. The molecule has 1 aromatic carbocycles. The summed E-state index contributed by atoms with van der Waals surface area (Å²) in [4.78, 5) is 4.99. The second-order valence-corrected chi connectivity index (χ2v) is 5.94. The Balaban J connectivity index is 2.26. The van der Waals surface area contributed by atoms with Crippen LogP contribution in [0, 0.1) is 6.92 Å². The summed E-state index contributed by atoms with van der Waals surface area (Å²) in [5, 5.41) is 0. The summed E-state index contributed by atoms with van der Waals surface area (Å²) in [6.07, 6.45) is 0.964. The second-order valence-electron chi connectivity index (χ2n) is 5.94. The van der Waals surface area contributed by atoms with E-state index >= 15 is 0 Å². The summed E-state index contributed by atoms with van der Waals surface area (Å²) in [7, 11) is 2.22. The Morgan fingerprint density at radius 3 is 2.42 bits per heavy atom. The maximum atomic E-state index is 5.76. The average Bonchev–Trinajstić information content (AvgIpc) is 2.36. The van der Waals surface area contributed by atoms with Crippen LogP contribution in [0.2, 0.25) is 0 Å². The van der Waals surface area contributed by atoms with E-state index in [4.69, 9.17) is 5.73 Å². The van der Waals surface area contributed by atoms with E-state index in [0.29, 0.717) is 12.1 Å². The molecule has 0 aliphatic carbocycles. The van der Waals surface area contributed by atoms with Gasteiger partial charge in [-0.25, -0.2) is 0 Å². The van der Waals surface area contributed by atoms with Gasteiger partial charge in [-0.15, -0.1) is 0 Å². The molecule has 2 N–H and O–H groups in total. The van der Waals surface area contributed by atoms with Crippen LogP contribution in [0.4, 0.5) is 5.69 Å². The fourth-order valence-electron chi connectivity index (χ4n) is 2.98. The third kappa shape index (κ3) is 3.10. The third-order valence-corrected chi connectivity index (χ3v) is 4.35. The molecule has 0 spiro atoms. The molecule has 2 rings (SSSR count). The SMILES string of the molecule is Cc1ccc(N2CC(C)N(C)C(C)C2)c(CCN)c1. The van der Waals surface area contributed by atoms with Crippen LogP contribution in [-0.4, -0.2) is 43.7 Å². The quantitative estimate of drug-likeness (QED) is 0.903. The number of hydrogen-bond acceptors (Lipinski definition) is 3. The number of rotatable bonds is 3. The molecule has 19 heavy (non-hydrogen) atoms. The number of anilines is 1. The van der Waals surface area contributed by atoms with Crippen LogP contribution in [0.5, 0.6) is 0 Å². The zero-order valence-corrected chi connectivity index (χ0v) is 12.7. The number of hydrogen-bond donors (Lipinski definition) is 1. The molecule has 3 nitrogen and oxygen atoms in total. The first-order valence-corrected chi connectivity index (χ1v) is 7.29. The molecule has 0 amide bonds. The van der Waals surface area contributed by atoms with Crippen molar-refractivity contribution in [2.24, 2.45) is 5.73 Å². The van der Waals surface area contributed by atoms with Gasteiger partial charge in [0.1, 0.15) is 0 Å². The lowest BCUT2D eigenvalue weighted by Gasteiger charge is -2.44. The van der Waals surface area contributed by atoms with Crippen molar-refractivity contribution in [1.82, 2.24) is 4.90 Å². The summed E-state index contributed by atoms with van der Waals surface area (Å²) in [6.45, 7) is 9.68. The Hall–Kier alpha value is -1.06. The van der Waals surface area contributed by atoms with Crippen molar-refractivity contribution in [2.75, 3.05) is 31.6 Å². The Morgan fingerprint density at radius 1 is 1.21 bits per heavy atom. The maximum absolute atomic E-state index is 5.76. The largest absolute Gasteiger partial charge is 0.368 e. The van der Waals surface area contributed by atoms with Crippen molar-refractivity contribution in [3.05, 3.63) is 29.3 Å². The van der Waals surface area contributed by atoms with Crippen LogP contribution in [0.25, 0.3) is 0 Å². The van der Waals surface area contributed by atoms with E-state index in [2.05, 4.69) is 55.8 Å². The predicted octanol–water partition coefficient (Wildman–Crippen LogP) is 2.03. The molecule has 2 atom stereocenters. The van der Waals surface area contributed by atoms with Crippen LogP contribution in [0.3, 0.4) is 0 Å². The number of benzene rings is 1. The van der Waals surface area contributed by atoms with Crippen molar-refractivity contribution in [3.63, 3.8) is 0 Å². The van der Waals surface area contributed by atoms with Crippen molar-refractivity contribution in [1.29, 1.82) is 0 Å². The molecular weight excluding hydrogens is 234 g/mol. The van der Waals surface area contributed by atoms with E-state index in [1.807, 2.05) is 0 Å². The lowest BCUT2D eigenvalue weighted by atomic mass is 10.0. The predicted molar refractivity (Wildman–Crippen MR) is 82.8 cm³/mol. The minimum absolute atomic E-state index is 0.593. The molecule has 1 aromatic rings. The average molecular weight is 261 g/mol. The zero-order valence-electron chi connectivity index (χ0n) is 12.7. The van der Waals surface area contributed by atoms with Gasteiger partial charge in [-0.05, 0) is 52.4 Å². The maximum Gasteiger partial charge on any atom is 0.0400 e. The Morgan fingerprint density at radius 2 is 1.84 bits per heavy atom. The van der Waals surface area contributed by atoms with Gasteiger partial charge < -0.3 is 10.6 Å². The third-order valence-electron chi connectivity index (χ3n) is 4.35. The summed E-state index contributed by atoms with van der Waals surface area (Å²) >= 11 is 0. The molecule has 1 fully saturated rings. The van der Waals surface area contributed by atoms with Crippen molar-refractivity contribution >= 4 is 5.69 Å². The molecule has 3 heteroatoms. The zero-order chi connectivity index (χ0) is 14.0. The molecule has 0 aromatic heterocycles. The molecule has 1 heterocycles. The van der Waals surface area contributed by atoms with E-state index in [1.165, 1.54) is 16.8 Å². The van der Waals surface area contributed by atoms with Crippen LogP contribution in [-0.2, 0) is 6.42 Å². The normalized spacial score (nSPS) is 24.8. The molecule has 106 valence electrons. The highest BCUT2D eigenvalue weighted by Crippen LogP contribution is 2.26. The van der Waals surface area contributed by atoms with E-state index in [-0.39, 0.29) is 0 Å². The van der Waals surface area contributed by atoms with Gasteiger partial charge in [-0.3, -0.25) is 4.90 Å². The fraction of sp³-hybridized carbons (Fsp3) is 0.625. The van der Waals surface area contributed by atoms with E-state index in [9.17, 15) is 0 Å². The highest BCUT2D eigenvalue weighted by Gasteiger charge is 2.27. The number of nitrogens with two attached hydrogens (primary N) is 1. The monoisotopic (exact) mass is 261 g/mol. The smallest absolute Gasteiger partial charge is 0.0400 e. The van der Waals surface area contributed by atoms with Crippen LogP contribution < -0.4 is 10.6 Å². The lowest BCUT2D eigenvalue weighted by Crippen LogP contribution is -2.55. The van der Waals surface area contributed by atoms with Crippen LogP contribution >= 0.6 is 0 Å². The molecule has 0 saturated carbocycles. The number of aryl methyl sites for hydroxylation is 1. The number of nitrogens with zero attached hydrogens (tertiary/aromatic N) is 2. The summed E-state index contributed by atoms with van der Waals surface area (Å²) in [5.41, 5.74) is 9.85. The van der Waals surface area contributed by atoms with E-state index < -0.39 is 0 Å². The summed E-state index contributed by atoms with van der Waals surface area (Å²) in [5.74, 6) is 0. The molecule has 0 bridgehead atoms. The van der Waals surface area contributed by atoms with Crippen molar-refractivity contribution in [3.8, 4) is 0 Å². The molecule has 1 aliphatic rings. The Bertz CT molecular complexity index is 418. The van der Waals surface area contributed by atoms with Gasteiger partial charge in [0.25, 0.3) is 0 Å². The molecular formula is C16H27N3. The molecule has 2 unspecified atom stereocenters. The van der Waals surface area contributed by atoms with Gasteiger partial charge in [0.2, 0.25) is 0 Å². The van der Waals surface area contributed by atoms with Gasteiger partial charge >= 0.3 is 0 Å². The molecule has 1 aliphatic heterocycles. The van der Waals surface area contributed by atoms with E-state index in [0.717, 1.165) is 26.1 Å². The first kappa shape index (κ1) is 14.4. The standard InChI is InChI=1S/C16H27N3/c1-12-5-6-16(15(9-12)7-8-17)19-10-13(2)18(4)14(3)11-19/h5-6,9,13-14H,7-8,10-11,17H2,1-4H3. The fourth-order valence-corrected chi connectivity index (χ4v) is 2.98. The van der Waals surface area contributed by atoms with Gasteiger partial charge in [0, 0.05) is 30.9 Å². The van der Waals surface area contributed by atoms with Crippen molar-refractivity contribution in [2.45, 2.75) is 39.3 Å². The van der Waals surface area contributed by atoms with Gasteiger partial charge in [0.05, 0.1) is 0 Å². The first-order chi connectivity index (χ1) is 9.02. The molecule has 0 radical (unpaired) electrons. The first-order valence-electron chi connectivity index (χ1n) is 7.29. The van der Waals surface area contributed by atoms with Crippen LogP contribution in [0.1, 0.15) is 25.0 Å². The van der Waals surface area contributed by atoms with Gasteiger partial charge in [-0.1, -0.05) is 17.7 Å². The highest BCUT2D eigenvalue weighted by molar-refractivity contribution is 5.56. The Labute approximate surface area is 117 Å². The minimum atomic E-state index is 0.593. The molecule has 1 saturated heterocycles. The summed E-state index contributed by atoms with van der Waals surface area (Å²) in [6, 6.07) is 7.95. The number of likely N-dealkylation sites (N-methyl/N-ethyl adjacent to an activating group) is 1. The van der Waals surface area contributed by atoms with Gasteiger partial charge in [-0.2, -0.15) is 0 Å². The highest BCUT2D eigenvalue weighted by atomic mass is 15.3.